The van der Waals surface area contributed by atoms with Crippen LogP contribution in [-0.2, 0) is 10.0 Å². The van der Waals surface area contributed by atoms with Gasteiger partial charge in [-0.1, -0.05) is 11.6 Å². The van der Waals surface area contributed by atoms with Gasteiger partial charge in [0.15, 0.2) is 0 Å². The monoisotopic (exact) mass is 293 g/mol. The molecule has 0 saturated heterocycles. The molecule has 1 aromatic heterocycles. The third-order valence-corrected chi connectivity index (χ3v) is 2.91. The molecule has 0 bridgehead atoms. The van der Waals surface area contributed by atoms with E-state index in [9.17, 15) is 13.2 Å². The summed E-state index contributed by atoms with van der Waals surface area (Å²) in [6, 6.07) is 1.28. The molecule has 0 spiro atoms. The summed E-state index contributed by atoms with van der Waals surface area (Å²) in [5.41, 5.74) is -0.0646. The van der Waals surface area contributed by atoms with Crippen LogP contribution in [0, 0.1) is 0 Å². The summed E-state index contributed by atoms with van der Waals surface area (Å²) in [6.07, 6.45) is 2.27. The highest BCUT2D eigenvalue weighted by Crippen LogP contribution is 2.17. The topological polar surface area (TPSA) is 108 Å². The number of anilines is 1. The molecule has 1 heterocycles. The Kier molecular flexibility index (Phi) is 4.88. The van der Waals surface area contributed by atoms with E-state index < -0.39 is 16.0 Å². The van der Waals surface area contributed by atoms with Crippen molar-refractivity contribution in [3.8, 4) is 0 Å². The van der Waals surface area contributed by atoms with E-state index in [1.807, 2.05) is 0 Å². The van der Waals surface area contributed by atoms with Crippen LogP contribution < -0.4 is 10.0 Å². The van der Waals surface area contributed by atoms with Crippen molar-refractivity contribution in [2.45, 2.75) is 0 Å². The number of hydrogen-bond acceptors (Lipinski definition) is 5. The van der Waals surface area contributed by atoms with E-state index in [4.69, 9.17) is 16.7 Å². The van der Waals surface area contributed by atoms with Crippen LogP contribution in [0.4, 0.5) is 5.82 Å². The normalized spacial score (nSPS) is 11.2. The number of nitrogens with zero attached hydrogens (tertiary/aromatic N) is 1. The summed E-state index contributed by atoms with van der Waals surface area (Å²) in [4.78, 5) is 14.7. The Morgan fingerprint density at radius 2 is 2.17 bits per heavy atom. The molecule has 0 aromatic carbocycles. The maximum Gasteiger partial charge on any atom is 0.337 e. The van der Waals surface area contributed by atoms with Crippen molar-refractivity contribution in [2.75, 3.05) is 24.7 Å². The molecule has 0 fully saturated rings. The zero-order valence-electron chi connectivity index (χ0n) is 9.47. The average molecular weight is 294 g/mol. The maximum absolute atomic E-state index is 10.8. The Morgan fingerprint density at radius 3 is 2.72 bits per heavy atom. The highest BCUT2D eigenvalue weighted by molar-refractivity contribution is 7.88. The van der Waals surface area contributed by atoms with Gasteiger partial charge in [-0.3, -0.25) is 0 Å². The second-order valence-corrected chi connectivity index (χ2v) is 5.69. The maximum atomic E-state index is 10.8. The highest BCUT2D eigenvalue weighted by Gasteiger charge is 2.10. The van der Waals surface area contributed by atoms with Gasteiger partial charge in [0.1, 0.15) is 5.82 Å². The molecule has 1 aromatic rings. The van der Waals surface area contributed by atoms with E-state index in [0.717, 1.165) is 6.26 Å². The molecule has 0 aliphatic rings. The smallest absolute Gasteiger partial charge is 0.337 e. The number of aromatic carboxylic acids is 1. The van der Waals surface area contributed by atoms with Crippen LogP contribution in [0.3, 0.4) is 0 Å². The van der Waals surface area contributed by atoms with Gasteiger partial charge in [-0.25, -0.2) is 22.9 Å². The fourth-order valence-electron chi connectivity index (χ4n) is 1.13. The van der Waals surface area contributed by atoms with Gasteiger partial charge >= 0.3 is 5.97 Å². The van der Waals surface area contributed by atoms with Crippen molar-refractivity contribution in [1.29, 1.82) is 0 Å². The molecule has 7 nitrogen and oxygen atoms in total. The van der Waals surface area contributed by atoms with Crippen molar-refractivity contribution in [3.63, 3.8) is 0 Å². The van der Waals surface area contributed by atoms with Crippen molar-refractivity contribution < 1.29 is 18.3 Å². The molecule has 0 saturated carbocycles. The summed E-state index contributed by atoms with van der Waals surface area (Å²) < 4.78 is 23.8. The second kappa shape index (κ2) is 5.98. The molecule has 0 atom stereocenters. The number of sulfonamides is 1. The van der Waals surface area contributed by atoms with Gasteiger partial charge in [-0.05, 0) is 6.07 Å². The molecule has 0 unspecified atom stereocenters. The molecule has 9 heteroatoms. The van der Waals surface area contributed by atoms with Gasteiger partial charge in [0.05, 0.1) is 16.8 Å². The number of nitrogens with one attached hydrogen (secondary N) is 2. The van der Waals surface area contributed by atoms with E-state index >= 15 is 0 Å². The quantitative estimate of drug-likeness (QED) is 0.655. The Balaban J connectivity index is 2.58. The molecular weight excluding hydrogens is 282 g/mol. The van der Waals surface area contributed by atoms with Crippen LogP contribution in [0.25, 0.3) is 0 Å². The minimum atomic E-state index is -3.23. The van der Waals surface area contributed by atoms with Gasteiger partial charge < -0.3 is 10.4 Å². The summed E-state index contributed by atoms with van der Waals surface area (Å²) in [6.45, 7) is 0.451. The Morgan fingerprint density at radius 1 is 1.50 bits per heavy atom. The van der Waals surface area contributed by atoms with Gasteiger partial charge in [-0.15, -0.1) is 0 Å². The fourth-order valence-corrected chi connectivity index (χ4v) is 1.78. The third kappa shape index (κ3) is 4.86. The van der Waals surface area contributed by atoms with E-state index in [1.165, 1.54) is 12.3 Å². The minimum Gasteiger partial charge on any atom is -0.478 e. The zero-order chi connectivity index (χ0) is 13.8. The molecule has 3 N–H and O–H groups in total. The van der Waals surface area contributed by atoms with Crippen molar-refractivity contribution >= 4 is 33.4 Å². The standard InChI is InChI=1S/C9H12ClN3O4S/c1-18(16,17)13-3-2-11-8-4-6(9(14)15)7(10)5-12-8/h4-5,13H,2-3H2,1H3,(H,11,12)(H,14,15). The number of rotatable bonds is 6. The molecule has 18 heavy (non-hydrogen) atoms. The first-order valence-corrected chi connectivity index (χ1v) is 7.14. The van der Waals surface area contributed by atoms with E-state index in [0.29, 0.717) is 5.82 Å². The number of hydrogen-bond donors (Lipinski definition) is 3. The lowest BCUT2D eigenvalue weighted by Gasteiger charge is -2.07. The van der Waals surface area contributed by atoms with Crippen LogP contribution in [0.2, 0.25) is 5.02 Å². The number of carboxylic acids is 1. The Labute approximate surface area is 109 Å². The van der Waals surface area contributed by atoms with E-state index in [1.54, 1.807) is 0 Å². The number of carboxylic acid groups (broad SMARTS) is 1. The zero-order valence-corrected chi connectivity index (χ0v) is 11.0. The Bertz CT molecular complexity index is 547. The summed E-state index contributed by atoms with van der Waals surface area (Å²) in [5.74, 6) is -0.841. The van der Waals surface area contributed by atoms with Crippen molar-refractivity contribution in [2.24, 2.45) is 0 Å². The third-order valence-electron chi connectivity index (χ3n) is 1.88. The number of halogens is 1. The Hall–Kier alpha value is -1.38. The van der Waals surface area contributed by atoms with Gasteiger partial charge in [0.25, 0.3) is 0 Å². The molecule has 0 amide bonds. The summed E-state index contributed by atoms with van der Waals surface area (Å²) in [7, 11) is -3.23. The molecule has 1 rings (SSSR count). The van der Waals surface area contributed by atoms with Gasteiger partial charge in [-0.2, -0.15) is 0 Å². The van der Waals surface area contributed by atoms with Crippen molar-refractivity contribution in [3.05, 3.63) is 22.8 Å². The predicted molar refractivity (Wildman–Crippen MR) is 67.5 cm³/mol. The summed E-state index contributed by atoms with van der Waals surface area (Å²) >= 11 is 5.65. The fraction of sp³-hybridized carbons (Fsp3) is 0.333. The van der Waals surface area contributed by atoms with Gasteiger partial charge in [0, 0.05) is 19.3 Å². The largest absolute Gasteiger partial charge is 0.478 e. The number of aromatic nitrogens is 1. The molecule has 100 valence electrons. The number of carbonyl (C=O) groups is 1. The van der Waals surface area contributed by atoms with Crippen LogP contribution in [0.1, 0.15) is 10.4 Å². The number of pyridine rings is 1. The van der Waals surface area contributed by atoms with Crippen molar-refractivity contribution in [1.82, 2.24) is 9.71 Å². The van der Waals surface area contributed by atoms with Crippen LogP contribution in [-0.4, -0.2) is 43.8 Å². The van der Waals surface area contributed by atoms with Gasteiger partial charge in [0.2, 0.25) is 10.0 Å². The second-order valence-electron chi connectivity index (χ2n) is 3.45. The van der Waals surface area contributed by atoms with Crippen LogP contribution in [0.5, 0.6) is 0 Å². The predicted octanol–water partition coefficient (Wildman–Crippen LogP) is 0.394. The first kappa shape index (κ1) is 14.7. The SMILES string of the molecule is CS(=O)(=O)NCCNc1cc(C(=O)O)c(Cl)cn1. The average Bonchev–Trinajstić information content (AvgIpc) is 2.24. The molecular formula is C9H12ClN3O4S. The molecule has 0 radical (unpaired) electrons. The lowest BCUT2D eigenvalue weighted by atomic mass is 10.2. The highest BCUT2D eigenvalue weighted by atomic mass is 35.5. The molecule has 0 aliphatic heterocycles. The lowest BCUT2D eigenvalue weighted by molar-refractivity contribution is 0.0697. The summed E-state index contributed by atoms with van der Waals surface area (Å²) in [5, 5.41) is 11.7. The van der Waals surface area contributed by atoms with Crippen LogP contribution >= 0.6 is 11.6 Å². The first-order chi connectivity index (χ1) is 8.29. The lowest BCUT2D eigenvalue weighted by Crippen LogP contribution is -2.27. The minimum absolute atomic E-state index is 0.0438. The first-order valence-electron chi connectivity index (χ1n) is 4.87. The van der Waals surface area contributed by atoms with E-state index in [2.05, 4.69) is 15.0 Å². The molecule has 0 aliphatic carbocycles. The van der Waals surface area contributed by atoms with Crippen LogP contribution in [0.15, 0.2) is 12.3 Å². The van der Waals surface area contributed by atoms with E-state index in [-0.39, 0.29) is 23.7 Å².